The van der Waals surface area contributed by atoms with Crippen LogP contribution >= 0.6 is 0 Å². The highest BCUT2D eigenvalue weighted by atomic mass is 16.4. The molecule has 2 aromatic rings. The largest absolute Gasteiger partial charge is 0.477 e. The van der Waals surface area contributed by atoms with Gasteiger partial charge in [-0.25, -0.2) is 4.79 Å². The van der Waals surface area contributed by atoms with Gasteiger partial charge >= 0.3 is 5.97 Å². The van der Waals surface area contributed by atoms with Crippen LogP contribution in [0.2, 0.25) is 0 Å². The van der Waals surface area contributed by atoms with Crippen molar-refractivity contribution >= 4 is 5.97 Å². The SMILES string of the molecule is CCCCCCCCN.CCCCCCCCn1cc(C(=O)O)c(=O)cc1-c1ccccc1. The Morgan fingerprint density at radius 3 is 1.94 bits per heavy atom. The Labute approximate surface area is 200 Å². The maximum atomic E-state index is 12.1. The van der Waals surface area contributed by atoms with Gasteiger partial charge in [-0.05, 0) is 24.9 Å². The Bertz CT molecular complexity index is 825. The van der Waals surface area contributed by atoms with Crippen molar-refractivity contribution < 1.29 is 9.90 Å². The van der Waals surface area contributed by atoms with E-state index in [2.05, 4.69) is 13.8 Å². The molecule has 0 saturated heterocycles. The molecular weight excluding hydrogens is 412 g/mol. The molecule has 184 valence electrons. The summed E-state index contributed by atoms with van der Waals surface area (Å²) in [6, 6.07) is 11.1. The predicted molar refractivity (Wildman–Crippen MR) is 139 cm³/mol. The lowest BCUT2D eigenvalue weighted by molar-refractivity contribution is 0.0694. The number of pyridine rings is 1. The summed E-state index contributed by atoms with van der Waals surface area (Å²) in [4.78, 5) is 23.3. The number of carboxylic acid groups (broad SMARTS) is 1. The van der Waals surface area contributed by atoms with E-state index >= 15 is 0 Å². The molecule has 5 heteroatoms. The first kappa shape index (κ1) is 28.6. The first-order valence-corrected chi connectivity index (χ1v) is 12.8. The average Bonchev–Trinajstić information content (AvgIpc) is 2.82. The lowest BCUT2D eigenvalue weighted by Gasteiger charge is -2.14. The number of aromatic carboxylic acids is 1. The summed E-state index contributed by atoms with van der Waals surface area (Å²) in [5.41, 5.74) is 6.44. The smallest absolute Gasteiger partial charge is 0.341 e. The number of unbranched alkanes of at least 4 members (excludes halogenated alkanes) is 10. The number of nitrogens with two attached hydrogens (primary N) is 1. The quantitative estimate of drug-likeness (QED) is 0.286. The van der Waals surface area contributed by atoms with Gasteiger partial charge in [-0.15, -0.1) is 0 Å². The molecule has 1 aromatic carbocycles. The number of aromatic nitrogens is 1. The maximum absolute atomic E-state index is 12.1. The molecule has 0 spiro atoms. The van der Waals surface area contributed by atoms with Crippen LogP contribution in [-0.4, -0.2) is 22.2 Å². The zero-order valence-electron chi connectivity index (χ0n) is 20.7. The molecule has 0 bridgehead atoms. The lowest BCUT2D eigenvalue weighted by atomic mass is 10.1. The number of hydrogen-bond acceptors (Lipinski definition) is 3. The fourth-order valence-corrected chi connectivity index (χ4v) is 3.76. The Hall–Kier alpha value is -2.40. The third-order valence-corrected chi connectivity index (χ3v) is 5.74. The molecule has 0 aliphatic heterocycles. The summed E-state index contributed by atoms with van der Waals surface area (Å²) in [5.74, 6) is -1.17. The molecule has 0 atom stereocenters. The van der Waals surface area contributed by atoms with Gasteiger partial charge in [-0.3, -0.25) is 4.79 Å². The van der Waals surface area contributed by atoms with E-state index in [0.29, 0.717) is 0 Å². The number of rotatable bonds is 15. The topological polar surface area (TPSA) is 85.3 Å². The number of carbonyl (C=O) groups is 1. The van der Waals surface area contributed by atoms with Crippen molar-refractivity contribution in [3.63, 3.8) is 0 Å². The van der Waals surface area contributed by atoms with Crippen LogP contribution in [0.15, 0.2) is 47.4 Å². The molecule has 0 aliphatic rings. The van der Waals surface area contributed by atoms with Gasteiger partial charge in [-0.2, -0.15) is 0 Å². The van der Waals surface area contributed by atoms with Gasteiger partial charge in [0.1, 0.15) is 5.56 Å². The minimum Gasteiger partial charge on any atom is -0.477 e. The van der Waals surface area contributed by atoms with E-state index < -0.39 is 11.4 Å². The molecule has 0 amide bonds. The van der Waals surface area contributed by atoms with Crippen LogP contribution in [0.5, 0.6) is 0 Å². The molecule has 5 nitrogen and oxygen atoms in total. The molecule has 1 heterocycles. The second-order valence-corrected chi connectivity index (χ2v) is 8.63. The third-order valence-electron chi connectivity index (χ3n) is 5.74. The molecule has 3 N–H and O–H groups in total. The van der Waals surface area contributed by atoms with E-state index in [9.17, 15) is 14.7 Å². The first-order chi connectivity index (χ1) is 16.0. The van der Waals surface area contributed by atoms with Crippen molar-refractivity contribution in [3.8, 4) is 11.3 Å². The molecule has 0 fully saturated rings. The van der Waals surface area contributed by atoms with Crippen molar-refractivity contribution in [2.75, 3.05) is 6.54 Å². The number of carboxylic acids is 1. The number of hydrogen-bond donors (Lipinski definition) is 2. The van der Waals surface area contributed by atoms with Gasteiger partial charge < -0.3 is 15.4 Å². The van der Waals surface area contributed by atoms with E-state index in [-0.39, 0.29) is 5.56 Å². The fraction of sp³-hybridized carbons (Fsp3) is 0.571. The van der Waals surface area contributed by atoms with Gasteiger partial charge in [-0.1, -0.05) is 108 Å². The van der Waals surface area contributed by atoms with E-state index in [0.717, 1.165) is 37.2 Å². The Morgan fingerprint density at radius 1 is 0.848 bits per heavy atom. The van der Waals surface area contributed by atoms with Gasteiger partial charge in [0.05, 0.1) is 5.69 Å². The minimum atomic E-state index is -1.17. The van der Waals surface area contributed by atoms with Crippen molar-refractivity contribution in [1.29, 1.82) is 0 Å². The monoisotopic (exact) mass is 456 g/mol. The van der Waals surface area contributed by atoms with Gasteiger partial charge in [0.2, 0.25) is 0 Å². The highest BCUT2D eigenvalue weighted by molar-refractivity contribution is 5.87. The number of benzene rings is 1. The van der Waals surface area contributed by atoms with Crippen LogP contribution in [0.3, 0.4) is 0 Å². The van der Waals surface area contributed by atoms with Crippen LogP contribution in [0.25, 0.3) is 11.3 Å². The molecule has 0 saturated carbocycles. The van der Waals surface area contributed by atoms with Crippen LogP contribution in [0, 0.1) is 0 Å². The standard InChI is InChI=1S/C20H25NO3.C8H19N/c1-2-3-4-5-6-10-13-21-15-17(20(23)24)19(22)14-18(21)16-11-8-7-9-12-16;1-2-3-4-5-6-7-8-9/h7-9,11-12,14-15H,2-6,10,13H2,1H3,(H,23,24);2-9H2,1H3. The van der Waals surface area contributed by atoms with Crippen LogP contribution in [0.4, 0.5) is 0 Å². The molecule has 1 aromatic heterocycles. The zero-order valence-corrected chi connectivity index (χ0v) is 20.7. The van der Waals surface area contributed by atoms with Gasteiger partial charge in [0.25, 0.3) is 0 Å². The predicted octanol–water partition coefficient (Wildman–Crippen LogP) is 6.88. The second-order valence-electron chi connectivity index (χ2n) is 8.63. The average molecular weight is 457 g/mol. The molecular formula is C28H44N2O3. The van der Waals surface area contributed by atoms with Crippen LogP contribution < -0.4 is 11.2 Å². The Morgan fingerprint density at radius 2 is 1.39 bits per heavy atom. The molecule has 0 radical (unpaired) electrons. The summed E-state index contributed by atoms with van der Waals surface area (Å²) in [6.45, 7) is 6.02. The Balaban J connectivity index is 0.000000513. The molecule has 2 rings (SSSR count). The van der Waals surface area contributed by atoms with Crippen molar-refractivity contribution in [2.24, 2.45) is 5.73 Å². The third kappa shape index (κ3) is 11.9. The summed E-state index contributed by atoms with van der Waals surface area (Å²) in [5, 5.41) is 9.21. The zero-order chi connectivity index (χ0) is 24.3. The van der Waals surface area contributed by atoms with Crippen LogP contribution in [-0.2, 0) is 6.54 Å². The maximum Gasteiger partial charge on any atom is 0.341 e. The molecule has 33 heavy (non-hydrogen) atoms. The highest BCUT2D eigenvalue weighted by Gasteiger charge is 2.13. The van der Waals surface area contributed by atoms with Gasteiger partial charge in [0, 0.05) is 18.8 Å². The van der Waals surface area contributed by atoms with Crippen molar-refractivity contribution in [1.82, 2.24) is 4.57 Å². The summed E-state index contributed by atoms with van der Waals surface area (Å²) < 4.78 is 1.90. The summed E-state index contributed by atoms with van der Waals surface area (Å²) >= 11 is 0. The van der Waals surface area contributed by atoms with E-state index in [1.54, 1.807) is 0 Å². The van der Waals surface area contributed by atoms with E-state index in [1.807, 2.05) is 34.9 Å². The Kier molecular flexibility index (Phi) is 15.7. The van der Waals surface area contributed by atoms with E-state index in [4.69, 9.17) is 5.73 Å². The van der Waals surface area contributed by atoms with E-state index in [1.165, 1.54) is 76.5 Å². The second kappa shape index (κ2) is 18.1. The number of aryl methyl sites for hydroxylation is 1. The number of nitrogens with zero attached hydrogens (tertiary/aromatic N) is 1. The minimum absolute atomic E-state index is 0.166. The summed E-state index contributed by atoms with van der Waals surface area (Å²) in [7, 11) is 0. The molecule has 0 aliphatic carbocycles. The highest BCUT2D eigenvalue weighted by Crippen LogP contribution is 2.19. The van der Waals surface area contributed by atoms with Crippen LogP contribution in [0.1, 0.15) is 101 Å². The molecule has 0 unspecified atom stereocenters. The normalized spacial score (nSPS) is 10.5. The van der Waals surface area contributed by atoms with Crippen molar-refractivity contribution in [2.45, 2.75) is 97.4 Å². The summed E-state index contributed by atoms with van der Waals surface area (Å²) in [6.07, 6.45) is 16.5. The van der Waals surface area contributed by atoms with Crippen molar-refractivity contribution in [3.05, 3.63) is 58.4 Å². The first-order valence-electron chi connectivity index (χ1n) is 12.8. The van der Waals surface area contributed by atoms with Gasteiger partial charge in [0.15, 0.2) is 5.43 Å². The lowest BCUT2D eigenvalue weighted by Crippen LogP contribution is -2.18. The fourth-order valence-electron chi connectivity index (χ4n) is 3.76.